The highest BCUT2D eigenvalue weighted by Crippen LogP contribution is 2.19. The number of hydrogen-bond donors (Lipinski definition) is 2. The van der Waals surface area contributed by atoms with E-state index in [2.05, 4.69) is 26.6 Å². The molecule has 0 radical (unpaired) electrons. The highest BCUT2D eigenvalue weighted by molar-refractivity contribution is 9.10. The minimum Gasteiger partial charge on any atom is -0.383 e. The maximum atomic E-state index is 13.3. The highest BCUT2D eigenvalue weighted by Gasteiger charge is 2.04. The molecule has 0 saturated carbocycles. The van der Waals surface area contributed by atoms with Crippen molar-refractivity contribution in [2.75, 3.05) is 25.6 Å². The lowest BCUT2D eigenvalue weighted by molar-refractivity contribution is 0.204. The molecule has 1 aromatic carbocycles. The summed E-state index contributed by atoms with van der Waals surface area (Å²) in [6.45, 7) is 1.13. The van der Waals surface area contributed by atoms with Crippen LogP contribution in [-0.2, 0) is 4.74 Å². The van der Waals surface area contributed by atoms with Crippen molar-refractivity contribution in [2.45, 2.75) is 0 Å². The van der Waals surface area contributed by atoms with E-state index in [1.807, 2.05) is 0 Å². The quantitative estimate of drug-likeness (QED) is 0.661. The van der Waals surface area contributed by atoms with Crippen LogP contribution in [0.5, 0.6) is 0 Å². The predicted molar refractivity (Wildman–Crippen MR) is 70.2 cm³/mol. The molecule has 0 aliphatic heterocycles. The van der Waals surface area contributed by atoms with Gasteiger partial charge in [-0.1, -0.05) is 15.9 Å². The Morgan fingerprint density at radius 3 is 3.00 bits per heavy atom. The molecule has 1 aromatic rings. The number of nitrogens with one attached hydrogen (secondary N) is 2. The summed E-state index contributed by atoms with van der Waals surface area (Å²) in [6, 6.07) is 4.62. The molecule has 1 rings (SSSR count). The molecule has 0 heterocycles. The molecule has 0 fully saturated rings. The second kappa shape index (κ2) is 6.78. The number of anilines is 1. The minimum absolute atomic E-state index is 0.337. The standard InChI is InChI=1S/C10H12BrFN2OS/c1-15-5-4-13-10(16)14-9-6-7(11)2-3-8(9)12/h2-3,6H,4-5H2,1H3,(H2,13,14,16). The summed E-state index contributed by atoms with van der Waals surface area (Å²) in [5.41, 5.74) is 0.337. The number of methoxy groups -OCH3 is 1. The van der Waals surface area contributed by atoms with Crippen molar-refractivity contribution in [1.82, 2.24) is 5.32 Å². The first-order valence-corrected chi connectivity index (χ1v) is 5.82. The number of halogens is 2. The summed E-state index contributed by atoms with van der Waals surface area (Å²) in [5, 5.41) is 6.03. The predicted octanol–water partition coefficient (Wildman–Crippen LogP) is 2.52. The normalized spacial score (nSPS) is 9.94. The maximum absolute atomic E-state index is 13.3. The van der Waals surface area contributed by atoms with Crippen LogP contribution in [0.25, 0.3) is 0 Å². The van der Waals surface area contributed by atoms with Gasteiger partial charge in [0.25, 0.3) is 0 Å². The van der Waals surface area contributed by atoms with Crippen molar-refractivity contribution in [2.24, 2.45) is 0 Å². The molecule has 3 nitrogen and oxygen atoms in total. The summed E-state index contributed by atoms with van der Waals surface area (Å²) < 4.78 is 19.0. The average Bonchev–Trinajstić information content (AvgIpc) is 2.24. The van der Waals surface area contributed by atoms with Gasteiger partial charge in [0.2, 0.25) is 0 Å². The summed E-state index contributed by atoms with van der Waals surface area (Å²) in [7, 11) is 1.60. The van der Waals surface area contributed by atoms with E-state index in [-0.39, 0.29) is 5.82 Å². The summed E-state index contributed by atoms with van der Waals surface area (Å²) >= 11 is 8.25. The molecule has 2 N–H and O–H groups in total. The first-order valence-electron chi connectivity index (χ1n) is 4.62. The highest BCUT2D eigenvalue weighted by atomic mass is 79.9. The Hall–Kier alpha value is -0.720. The zero-order valence-electron chi connectivity index (χ0n) is 8.72. The van der Waals surface area contributed by atoms with Gasteiger partial charge >= 0.3 is 0 Å². The van der Waals surface area contributed by atoms with Crippen LogP contribution >= 0.6 is 28.1 Å². The third kappa shape index (κ3) is 4.42. The number of thiocarbonyl (C=S) groups is 1. The van der Waals surface area contributed by atoms with E-state index < -0.39 is 0 Å². The van der Waals surface area contributed by atoms with Crippen LogP contribution in [0, 0.1) is 5.82 Å². The molecule has 88 valence electrons. The smallest absolute Gasteiger partial charge is 0.170 e. The topological polar surface area (TPSA) is 33.3 Å². The van der Waals surface area contributed by atoms with Gasteiger partial charge in [-0.2, -0.15) is 0 Å². The molecule has 0 spiro atoms. The van der Waals surface area contributed by atoms with Crippen LogP contribution in [0.1, 0.15) is 0 Å². The Morgan fingerprint density at radius 2 is 2.31 bits per heavy atom. The zero-order chi connectivity index (χ0) is 12.0. The minimum atomic E-state index is -0.348. The number of hydrogen-bond acceptors (Lipinski definition) is 2. The molecule has 0 amide bonds. The first kappa shape index (κ1) is 13.3. The van der Waals surface area contributed by atoms with Gasteiger partial charge in [0.1, 0.15) is 5.82 Å². The van der Waals surface area contributed by atoms with Gasteiger partial charge in [0.15, 0.2) is 5.11 Å². The molecule has 16 heavy (non-hydrogen) atoms. The summed E-state index contributed by atoms with van der Waals surface area (Å²) in [6.07, 6.45) is 0. The molecule has 0 aliphatic carbocycles. The van der Waals surface area contributed by atoms with Gasteiger partial charge in [0, 0.05) is 18.1 Å². The van der Waals surface area contributed by atoms with Crippen molar-refractivity contribution in [1.29, 1.82) is 0 Å². The van der Waals surface area contributed by atoms with Crippen LogP contribution in [0.15, 0.2) is 22.7 Å². The average molecular weight is 307 g/mol. The molecule has 0 aliphatic rings. The lowest BCUT2D eigenvalue weighted by Crippen LogP contribution is -2.31. The zero-order valence-corrected chi connectivity index (χ0v) is 11.1. The van der Waals surface area contributed by atoms with Crippen molar-refractivity contribution in [3.05, 3.63) is 28.5 Å². The molecule has 0 bridgehead atoms. The lowest BCUT2D eigenvalue weighted by Gasteiger charge is -2.10. The molecule has 0 atom stereocenters. The third-order valence-corrected chi connectivity index (χ3v) is 2.51. The van der Waals surface area contributed by atoms with Crippen molar-refractivity contribution in [3.63, 3.8) is 0 Å². The lowest BCUT2D eigenvalue weighted by atomic mass is 10.3. The van der Waals surface area contributed by atoms with Gasteiger partial charge in [-0.15, -0.1) is 0 Å². The van der Waals surface area contributed by atoms with Crippen LogP contribution in [0.3, 0.4) is 0 Å². The number of rotatable bonds is 4. The van der Waals surface area contributed by atoms with Crippen molar-refractivity contribution < 1.29 is 9.13 Å². The Labute approximate surface area is 107 Å². The van der Waals surface area contributed by atoms with E-state index in [0.717, 1.165) is 4.47 Å². The molecule has 6 heteroatoms. The maximum Gasteiger partial charge on any atom is 0.170 e. The fourth-order valence-electron chi connectivity index (χ4n) is 1.03. The van der Waals surface area contributed by atoms with E-state index in [1.54, 1.807) is 19.2 Å². The second-order valence-corrected chi connectivity index (χ2v) is 4.32. The fourth-order valence-corrected chi connectivity index (χ4v) is 1.60. The Balaban J connectivity index is 2.52. The largest absolute Gasteiger partial charge is 0.383 e. The van der Waals surface area contributed by atoms with Gasteiger partial charge in [-0.25, -0.2) is 4.39 Å². The van der Waals surface area contributed by atoms with Crippen LogP contribution in [-0.4, -0.2) is 25.4 Å². The van der Waals surface area contributed by atoms with E-state index in [4.69, 9.17) is 17.0 Å². The molecule has 0 aromatic heterocycles. The van der Waals surface area contributed by atoms with Crippen LogP contribution in [0.2, 0.25) is 0 Å². The number of ether oxygens (including phenoxy) is 1. The van der Waals surface area contributed by atoms with Crippen molar-refractivity contribution >= 4 is 38.9 Å². The Bertz CT molecular complexity index is 376. The molecule has 0 saturated heterocycles. The SMILES string of the molecule is COCCNC(=S)Nc1cc(Br)ccc1F. The van der Waals surface area contributed by atoms with Crippen molar-refractivity contribution in [3.8, 4) is 0 Å². The van der Waals surface area contributed by atoms with Gasteiger partial charge < -0.3 is 15.4 Å². The van der Waals surface area contributed by atoms with Gasteiger partial charge in [0.05, 0.1) is 12.3 Å². The molecular weight excluding hydrogens is 295 g/mol. The van der Waals surface area contributed by atoms with Crippen LogP contribution < -0.4 is 10.6 Å². The van der Waals surface area contributed by atoms with Gasteiger partial charge in [-0.05, 0) is 30.4 Å². The van der Waals surface area contributed by atoms with E-state index in [0.29, 0.717) is 24.0 Å². The Kier molecular flexibility index (Phi) is 5.65. The molecule has 0 unspecified atom stereocenters. The van der Waals surface area contributed by atoms with E-state index in [9.17, 15) is 4.39 Å². The first-order chi connectivity index (χ1) is 7.63. The third-order valence-electron chi connectivity index (χ3n) is 1.77. The summed E-state index contributed by atoms with van der Waals surface area (Å²) in [4.78, 5) is 0. The summed E-state index contributed by atoms with van der Waals surface area (Å²) in [5.74, 6) is -0.348. The van der Waals surface area contributed by atoms with Crippen LogP contribution in [0.4, 0.5) is 10.1 Å². The second-order valence-electron chi connectivity index (χ2n) is 3.00. The number of benzene rings is 1. The van der Waals surface area contributed by atoms with Gasteiger partial charge in [-0.3, -0.25) is 0 Å². The fraction of sp³-hybridized carbons (Fsp3) is 0.300. The molecular formula is C10H12BrFN2OS. The van der Waals surface area contributed by atoms with E-state index >= 15 is 0 Å². The monoisotopic (exact) mass is 306 g/mol. The van der Waals surface area contributed by atoms with E-state index in [1.165, 1.54) is 6.07 Å². The Morgan fingerprint density at radius 1 is 1.56 bits per heavy atom.